The summed E-state index contributed by atoms with van der Waals surface area (Å²) in [5.41, 5.74) is 2.47. The summed E-state index contributed by atoms with van der Waals surface area (Å²) in [6.07, 6.45) is 2.15. The first kappa shape index (κ1) is 13.0. The summed E-state index contributed by atoms with van der Waals surface area (Å²) in [6, 6.07) is 6.67. The number of nitrogens with one attached hydrogen (secondary N) is 1. The van der Waals surface area contributed by atoms with Gasteiger partial charge in [-0.3, -0.25) is 0 Å². The Bertz CT molecular complexity index is 429. The minimum Gasteiger partial charge on any atom is -0.454 e. The highest BCUT2D eigenvalue weighted by Gasteiger charge is 2.13. The molecule has 18 heavy (non-hydrogen) atoms. The Morgan fingerprint density at radius 1 is 1.39 bits per heavy atom. The molecule has 0 aliphatic carbocycles. The van der Waals surface area contributed by atoms with E-state index in [0.717, 1.165) is 30.9 Å². The Hall–Kier alpha value is -1.48. The number of hydrogen-bond acceptors (Lipinski definition) is 3. The molecule has 3 heteroatoms. The van der Waals surface area contributed by atoms with Gasteiger partial charge in [-0.25, -0.2) is 0 Å². The predicted octanol–water partition coefficient (Wildman–Crippen LogP) is 2.90. The van der Waals surface area contributed by atoms with Crippen molar-refractivity contribution in [3.8, 4) is 11.5 Å². The molecule has 0 amide bonds. The van der Waals surface area contributed by atoms with Crippen LogP contribution >= 0.6 is 0 Å². The maximum absolute atomic E-state index is 5.38. The van der Waals surface area contributed by atoms with E-state index in [4.69, 9.17) is 9.47 Å². The monoisotopic (exact) mass is 247 g/mol. The van der Waals surface area contributed by atoms with Crippen LogP contribution in [0.25, 0.3) is 0 Å². The SMILES string of the molecule is C=C(C)CNC(C)CCc1ccc2c(c1)OCO2. The second-order valence-electron chi connectivity index (χ2n) is 4.97. The van der Waals surface area contributed by atoms with Crippen LogP contribution in [0.5, 0.6) is 11.5 Å². The maximum Gasteiger partial charge on any atom is 0.231 e. The van der Waals surface area contributed by atoms with Crippen molar-refractivity contribution in [2.45, 2.75) is 32.7 Å². The quantitative estimate of drug-likeness (QED) is 0.784. The zero-order valence-electron chi connectivity index (χ0n) is 11.2. The first-order valence-corrected chi connectivity index (χ1v) is 6.41. The molecule has 1 aliphatic heterocycles. The molecule has 0 aromatic heterocycles. The molecule has 1 heterocycles. The van der Waals surface area contributed by atoms with Crippen molar-refractivity contribution < 1.29 is 9.47 Å². The molecule has 1 unspecified atom stereocenters. The van der Waals surface area contributed by atoms with E-state index in [-0.39, 0.29) is 0 Å². The van der Waals surface area contributed by atoms with Crippen LogP contribution in [-0.2, 0) is 6.42 Å². The Labute approximate surface area is 109 Å². The molecule has 3 nitrogen and oxygen atoms in total. The summed E-state index contributed by atoms with van der Waals surface area (Å²) in [5, 5.41) is 3.45. The van der Waals surface area contributed by atoms with Gasteiger partial charge >= 0.3 is 0 Å². The van der Waals surface area contributed by atoms with Crippen LogP contribution in [0.2, 0.25) is 0 Å². The lowest BCUT2D eigenvalue weighted by Crippen LogP contribution is -2.27. The Morgan fingerprint density at radius 2 is 2.17 bits per heavy atom. The van der Waals surface area contributed by atoms with E-state index in [2.05, 4.69) is 31.0 Å². The van der Waals surface area contributed by atoms with Crippen molar-refractivity contribution in [2.75, 3.05) is 13.3 Å². The van der Waals surface area contributed by atoms with Crippen molar-refractivity contribution in [3.63, 3.8) is 0 Å². The van der Waals surface area contributed by atoms with Crippen LogP contribution in [0.1, 0.15) is 25.8 Å². The Balaban J connectivity index is 1.81. The molecular weight excluding hydrogens is 226 g/mol. The van der Waals surface area contributed by atoms with Gasteiger partial charge < -0.3 is 14.8 Å². The van der Waals surface area contributed by atoms with E-state index in [9.17, 15) is 0 Å². The van der Waals surface area contributed by atoms with E-state index in [1.54, 1.807) is 0 Å². The Morgan fingerprint density at radius 3 is 2.94 bits per heavy atom. The van der Waals surface area contributed by atoms with Crippen LogP contribution in [0.4, 0.5) is 0 Å². The highest BCUT2D eigenvalue weighted by Crippen LogP contribution is 2.32. The summed E-state index contributed by atoms with van der Waals surface area (Å²) in [7, 11) is 0. The average molecular weight is 247 g/mol. The molecule has 0 bridgehead atoms. The third-order valence-corrected chi connectivity index (χ3v) is 3.06. The maximum atomic E-state index is 5.38. The lowest BCUT2D eigenvalue weighted by Gasteiger charge is -2.13. The molecule has 0 fully saturated rings. The fraction of sp³-hybridized carbons (Fsp3) is 0.467. The van der Waals surface area contributed by atoms with E-state index < -0.39 is 0 Å². The molecular formula is C15H21NO2. The molecule has 98 valence electrons. The number of rotatable bonds is 6. The van der Waals surface area contributed by atoms with Gasteiger partial charge in [-0.1, -0.05) is 18.2 Å². The van der Waals surface area contributed by atoms with Gasteiger partial charge in [0, 0.05) is 12.6 Å². The zero-order valence-corrected chi connectivity index (χ0v) is 11.2. The second kappa shape index (κ2) is 5.91. The van der Waals surface area contributed by atoms with Crippen LogP contribution in [0.15, 0.2) is 30.4 Å². The van der Waals surface area contributed by atoms with Gasteiger partial charge in [-0.2, -0.15) is 0 Å². The molecule has 1 aromatic carbocycles. The van der Waals surface area contributed by atoms with E-state index in [1.807, 2.05) is 13.0 Å². The first-order valence-electron chi connectivity index (χ1n) is 6.41. The third-order valence-electron chi connectivity index (χ3n) is 3.06. The number of hydrogen-bond donors (Lipinski definition) is 1. The van der Waals surface area contributed by atoms with Crippen molar-refractivity contribution in [1.82, 2.24) is 5.32 Å². The van der Waals surface area contributed by atoms with Crippen LogP contribution < -0.4 is 14.8 Å². The van der Waals surface area contributed by atoms with Gasteiger partial charge in [-0.05, 0) is 44.4 Å². The minimum absolute atomic E-state index is 0.343. The van der Waals surface area contributed by atoms with E-state index >= 15 is 0 Å². The van der Waals surface area contributed by atoms with Crippen molar-refractivity contribution >= 4 is 0 Å². The van der Waals surface area contributed by atoms with Crippen LogP contribution in [0, 0.1) is 0 Å². The number of fused-ring (bicyclic) bond motifs is 1. The summed E-state index contributed by atoms with van der Waals surface area (Å²) < 4.78 is 10.7. The summed E-state index contributed by atoms with van der Waals surface area (Å²) >= 11 is 0. The second-order valence-corrected chi connectivity index (χ2v) is 4.97. The number of benzene rings is 1. The fourth-order valence-corrected chi connectivity index (χ4v) is 1.93. The summed E-state index contributed by atoms with van der Waals surface area (Å²) in [5.74, 6) is 1.72. The molecule has 1 aromatic rings. The third kappa shape index (κ3) is 3.50. The molecule has 2 rings (SSSR count). The smallest absolute Gasteiger partial charge is 0.231 e. The lowest BCUT2D eigenvalue weighted by molar-refractivity contribution is 0.174. The molecule has 0 saturated carbocycles. The van der Waals surface area contributed by atoms with Crippen molar-refractivity contribution in [2.24, 2.45) is 0 Å². The predicted molar refractivity (Wildman–Crippen MR) is 73.2 cm³/mol. The van der Waals surface area contributed by atoms with Gasteiger partial charge in [0.25, 0.3) is 0 Å². The van der Waals surface area contributed by atoms with Gasteiger partial charge in [0.1, 0.15) is 0 Å². The van der Waals surface area contributed by atoms with Gasteiger partial charge in [-0.15, -0.1) is 0 Å². The van der Waals surface area contributed by atoms with E-state index in [1.165, 1.54) is 11.1 Å². The molecule has 1 N–H and O–H groups in total. The standard InChI is InChI=1S/C15H21NO2/c1-11(2)9-16-12(3)4-5-13-6-7-14-15(8-13)18-10-17-14/h6-8,12,16H,1,4-5,9-10H2,2-3H3. The molecule has 1 aliphatic rings. The van der Waals surface area contributed by atoms with Crippen LogP contribution in [-0.4, -0.2) is 19.4 Å². The zero-order chi connectivity index (χ0) is 13.0. The van der Waals surface area contributed by atoms with Gasteiger partial charge in [0.15, 0.2) is 11.5 Å². The van der Waals surface area contributed by atoms with Crippen molar-refractivity contribution in [1.29, 1.82) is 0 Å². The van der Waals surface area contributed by atoms with E-state index in [0.29, 0.717) is 12.8 Å². The molecule has 1 atom stereocenters. The topological polar surface area (TPSA) is 30.5 Å². The minimum atomic E-state index is 0.343. The average Bonchev–Trinajstić information content (AvgIpc) is 2.81. The highest BCUT2D eigenvalue weighted by molar-refractivity contribution is 5.44. The number of aryl methyl sites for hydroxylation is 1. The normalized spacial score (nSPS) is 14.6. The molecule has 0 radical (unpaired) electrons. The first-order chi connectivity index (χ1) is 8.65. The molecule has 0 spiro atoms. The fourth-order valence-electron chi connectivity index (χ4n) is 1.93. The molecule has 0 saturated heterocycles. The largest absolute Gasteiger partial charge is 0.454 e. The lowest BCUT2D eigenvalue weighted by atomic mass is 10.1. The van der Waals surface area contributed by atoms with Crippen molar-refractivity contribution in [3.05, 3.63) is 35.9 Å². The van der Waals surface area contributed by atoms with Gasteiger partial charge in [0.05, 0.1) is 0 Å². The highest BCUT2D eigenvalue weighted by atomic mass is 16.7. The summed E-state index contributed by atoms with van der Waals surface area (Å²) in [6.45, 7) is 9.37. The van der Waals surface area contributed by atoms with Gasteiger partial charge in [0.2, 0.25) is 6.79 Å². The summed E-state index contributed by atoms with van der Waals surface area (Å²) in [4.78, 5) is 0. The number of ether oxygens (including phenoxy) is 2. The van der Waals surface area contributed by atoms with Crippen LogP contribution in [0.3, 0.4) is 0 Å². The Kier molecular flexibility index (Phi) is 4.26.